The summed E-state index contributed by atoms with van der Waals surface area (Å²) in [5.74, 6) is 1.11. The van der Waals surface area contributed by atoms with E-state index in [4.69, 9.17) is 25.8 Å². The van der Waals surface area contributed by atoms with Crippen molar-refractivity contribution in [1.29, 1.82) is 0 Å². The van der Waals surface area contributed by atoms with Gasteiger partial charge in [-0.15, -0.1) is 0 Å². The van der Waals surface area contributed by atoms with E-state index in [-0.39, 0.29) is 4.90 Å². The quantitative estimate of drug-likeness (QED) is 0.572. The average Bonchev–Trinajstić information content (AvgIpc) is 2.63. The Balaban J connectivity index is 2.29. The third kappa shape index (κ3) is 5.66. The molecule has 0 radical (unpaired) electrons. The summed E-state index contributed by atoms with van der Waals surface area (Å²) in [7, 11) is 2.86. The van der Waals surface area contributed by atoms with Crippen LogP contribution in [0.1, 0.15) is 0 Å². The van der Waals surface area contributed by atoms with Crippen LogP contribution in [0, 0.1) is 0 Å². The molecule has 0 spiro atoms. The predicted molar refractivity (Wildman–Crippen MR) is 114 cm³/mol. The summed E-state index contributed by atoms with van der Waals surface area (Å²) in [6.45, 7) is 1.12. The normalized spacial score (nSPS) is 11.4. The summed E-state index contributed by atoms with van der Waals surface area (Å²) < 4.78 is 44.6. The predicted octanol–water partition coefficient (Wildman–Crippen LogP) is 3.86. The van der Waals surface area contributed by atoms with Crippen LogP contribution in [0.25, 0.3) is 0 Å². The van der Waals surface area contributed by atoms with E-state index in [1.165, 1.54) is 26.4 Å². The summed E-state index contributed by atoms with van der Waals surface area (Å²) in [5, 5.41) is 0.397. The number of nitrogens with zero attached hydrogens (tertiary/aromatic N) is 1. The van der Waals surface area contributed by atoms with Gasteiger partial charge in [0.15, 0.2) is 11.5 Å². The molecule has 0 saturated carbocycles. The molecule has 2 aromatic carbocycles. The molecule has 10 heteroatoms. The Labute approximate surface area is 178 Å². The molecule has 0 amide bonds. The van der Waals surface area contributed by atoms with Crippen molar-refractivity contribution in [1.82, 2.24) is 4.90 Å². The van der Waals surface area contributed by atoms with Crippen LogP contribution in [0.15, 0.2) is 39.7 Å². The minimum atomic E-state index is -3.90. The van der Waals surface area contributed by atoms with Crippen molar-refractivity contribution in [3.63, 3.8) is 0 Å². The smallest absolute Gasteiger partial charge is 0.263 e. The number of benzene rings is 2. The molecule has 0 aliphatic heterocycles. The number of sulfonamides is 1. The largest absolute Gasteiger partial charge is 0.493 e. The van der Waals surface area contributed by atoms with E-state index in [9.17, 15) is 8.42 Å². The number of hydrogen-bond acceptors (Lipinski definition) is 6. The third-order valence-corrected chi connectivity index (χ3v) is 6.36. The van der Waals surface area contributed by atoms with Gasteiger partial charge in [-0.25, -0.2) is 8.42 Å². The Bertz CT molecular complexity index is 938. The lowest BCUT2D eigenvalue weighted by molar-refractivity contribution is 0.261. The van der Waals surface area contributed by atoms with Gasteiger partial charge in [-0.2, -0.15) is 0 Å². The van der Waals surface area contributed by atoms with Crippen LogP contribution in [0.4, 0.5) is 5.69 Å². The SMILES string of the molecule is COc1cc(Br)c(S(=O)(=O)Nc2ccc(Cl)c(OCCN(C)C)c2)cc1OC. The van der Waals surface area contributed by atoms with Gasteiger partial charge in [-0.05, 0) is 48.2 Å². The van der Waals surface area contributed by atoms with Gasteiger partial charge in [-0.1, -0.05) is 11.6 Å². The monoisotopic (exact) mass is 492 g/mol. The van der Waals surface area contributed by atoms with E-state index in [0.29, 0.717) is 45.6 Å². The summed E-state index contributed by atoms with van der Waals surface area (Å²) >= 11 is 9.41. The molecule has 1 N–H and O–H groups in total. The zero-order valence-corrected chi connectivity index (χ0v) is 19.1. The minimum Gasteiger partial charge on any atom is -0.493 e. The average molecular weight is 494 g/mol. The number of halogens is 2. The summed E-state index contributed by atoms with van der Waals surface area (Å²) in [6.07, 6.45) is 0. The van der Waals surface area contributed by atoms with Crippen LogP contribution >= 0.6 is 27.5 Å². The fourth-order valence-electron chi connectivity index (χ4n) is 2.27. The van der Waals surface area contributed by atoms with Gasteiger partial charge in [0.25, 0.3) is 10.0 Å². The highest BCUT2D eigenvalue weighted by atomic mass is 79.9. The van der Waals surface area contributed by atoms with Crippen molar-refractivity contribution < 1.29 is 22.6 Å². The molecule has 0 aromatic heterocycles. The van der Waals surface area contributed by atoms with Crippen molar-refractivity contribution in [3.8, 4) is 17.2 Å². The number of hydrogen-bond donors (Lipinski definition) is 1. The summed E-state index contributed by atoms with van der Waals surface area (Å²) in [4.78, 5) is 1.98. The molecule has 0 aliphatic rings. The van der Waals surface area contributed by atoms with Crippen LogP contribution in [0.3, 0.4) is 0 Å². The molecule has 0 heterocycles. The standard InChI is InChI=1S/C18H22BrClN2O5S/c1-22(2)7-8-27-15-9-12(5-6-14(15)20)21-28(23,24)18-11-17(26-4)16(25-3)10-13(18)19/h5-6,9-11,21H,7-8H2,1-4H3. The number of methoxy groups -OCH3 is 2. The van der Waals surface area contributed by atoms with E-state index in [2.05, 4.69) is 20.7 Å². The third-order valence-electron chi connectivity index (χ3n) is 3.71. The molecule has 2 rings (SSSR count). The van der Waals surface area contributed by atoms with Gasteiger partial charge in [0.1, 0.15) is 17.3 Å². The molecule has 28 heavy (non-hydrogen) atoms. The van der Waals surface area contributed by atoms with E-state index >= 15 is 0 Å². The fourth-order valence-corrected chi connectivity index (χ4v) is 4.53. The van der Waals surface area contributed by atoms with Crippen molar-refractivity contribution >= 4 is 43.2 Å². The highest BCUT2D eigenvalue weighted by Gasteiger charge is 2.22. The number of ether oxygens (including phenoxy) is 3. The van der Waals surface area contributed by atoms with Gasteiger partial charge in [-0.3, -0.25) is 4.72 Å². The lowest BCUT2D eigenvalue weighted by Gasteiger charge is -2.15. The molecular weight excluding hydrogens is 472 g/mol. The molecular formula is C18H22BrClN2O5S. The Morgan fingerprint density at radius 1 is 1.07 bits per heavy atom. The zero-order chi connectivity index (χ0) is 20.9. The van der Waals surface area contributed by atoms with Gasteiger partial charge in [0.2, 0.25) is 0 Å². The van der Waals surface area contributed by atoms with Gasteiger partial charge in [0, 0.05) is 23.2 Å². The molecule has 2 aromatic rings. The van der Waals surface area contributed by atoms with Crippen LogP contribution in [-0.2, 0) is 10.0 Å². The lowest BCUT2D eigenvalue weighted by atomic mass is 10.3. The second-order valence-electron chi connectivity index (χ2n) is 6.04. The van der Waals surface area contributed by atoms with Gasteiger partial charge < -0.3 is 19.1 Å². The highest BCUT2D eigenvalue weighted by Crippen LogP contribution is 2.36. The minimum absolute atomic E-state index is 0.00942. The molecule has 0 atom stereocenters. The molecule has 0 bridgehead atoms. The fraction of sp³-hybridized carbons (Fsp3) is 0.333. The Morgan fingerprint density at radius 2 is 1.71 bits per heavy atom. The Morgan fingerprint density at radius 3 is 2.32 bits per heavy atom. The Kier molecular flexibility index (Phi) is 7.82. The van der Waals surface area contributed by atoms with Crippen molar-refractivity contribution in [2.75, 3.05) is 46.2 Å². The maximum atomic E-state index is 12.9. The number of anilines is 1. The Hall–Kier alpha value is -1.68. The molecule has 0 unspecified atom stereocenters. The van der Waals surface area contributed by atoms with Gasteiger partial charge in [0.05, 0.1) is 24.9 Å². The maximum absolute atomic E-state index is 12.9. The van der Waals surface area contributed by atoms with Crippen molar-refractivity contribution in [3.05, 3.63) is 39.8 Å². The first kappa shape index (κ1) is 22.6. The van der Waals surface area contributed by atoms with Crippen molar-refractivity contribution in [2.24, 2.45) is 0 Å². The van der Waals surface area contributed by atoms with E-state index in [1.54, 1.807) is 18.2 Å². The summed E-state index contributed by atoms with van der Waals surface area (Å²) in [6, 6.07) is 7.60. The van der Waals surface area contributed by atoms with Crippen LogP contribution in [0.2, 0.25) is 5.02 Å². The maximum Gasteiger partial charge on any atom is 0.263 e. The lowest BCUT2D eigenvalue weighted by Crippen LogP contribution is -2.19. The molecule has 154 valence electrons. The first-order chi connectivity index (χ1) is 13.2. The van der Waals surface area contributed by atoms with Gasteiger partial charge >= 0.3 is 0 Å². The first-order valence-corrected chi connectivity index (χ1v) is 10.8. The summed E-state index contributed by atoms with van der Waals surface area (Å²) in [5.41, 5.74) is 0.325. The zero-order valence-electron chi connectivity index (χ0n) is 16.0. The number of rotatable bonds is 9. The molecule has 0 fully saturated rings. The van der Waals surface area contributed by atoms with Crippen LogP contribution < -0.4 is 18.9 Å². The molecule has 0 saturated heterocycles. The number of nitrogens with one attached hydrogen (secondary N) is 1. The van der Waals surface area contributed by atoms with E-state index in [1.807, 2.05) is 19.0 Å². The first-order valence-electron chi connectivity index (χ1n) is 8.19. The molecule has 7 nitrogen and oxygen atoms in total. The second-order valence-corrected chi connectivity index (χ2v) is 8.95. The highest BCUT2D eigenvalue weighted by molar-refractivity contribution is 9.10. The topological polar surface area (TPSA) is 77.1 Å². The second kappa shape index (κ2) is 9.69. The van der Waals surface area contributed by atoms with Crippen molar-refractivity contribution in [2.45, 2.75) is 4.90 Å². The van der Waals surface area contributed by atoms with E-state index < -0.39 is 10.0 Å². The van der Waals surface area contributed by atoms with Crippen LogP contribution in [-0.4, -0.2) is 54.8 Å². The molecule has 0 aliphatic carbocycles. The number of likely N-dealkylation sites (N-methyl/N-ethyl adjacent to an activating group) is 1. The van der Waals surface area contributed by atoms with Crippen LogP contribution in [0.5, 0.6) is 17.2 Å². The van der Waals surface area contributed by atoms with E-state index in [0.717, 1.165) is 0 Å².